The van der Waals surface area contributed by atoms with Crippen molar-refractivity contribution in [3.05, 3.63) is 63.7 Å². The smallest absolute Gasteiger partial charge is 0.291 e. The highest BCUT2D eigenvalue weighted by molar-refractivity contribution is 7.90. The predicted molar refractivity (Wildman–Crippen MR) is 85.3 cm³/mol. The van der Waals surface area contributed by atoms with Gasteiger partial charge in [-0.3, -0.25) is 19.7 Å². The molecule has 0 saturated carbocycles. The number of H-pyrrole nitrogens is 2. The molecule has 0 spiro atoms. The van der Waals surface area contributed by atoms with Crippen LogP contribution in [0.1, 0.15) is 0 Å². The standard InChI is InChI=1S/C14H9N5O4S/c20-13-11-12(17-14(21)18-13)19(7-16-11)24(22,23)9-5-1-3-8-4-2-6-15-10(8)9/h1-7H,(H2,17,18,20,21). The fraction of sp³-hybridized carbons (Fsp3) is 0. The van der Waals surface area contributed by atoms with E-state index in [0.717, 1.165) is 10.3 Å². The van der Waals surface area contributed by atoms with Gasteiger partial charge in [0.25, 0.3) is 15.6 Å². The Hall–Kier alpha value is -3.27. The van der Waals surface area contributed by atoms with E-state index in [-0.39, 0.29) is 21.6 Å². The Labute approximate surface area is 133 Å². The zero-order valence-electron chi connectivity index (χ0n) is 11.9. The van der Waals surface area contributed by atoms with Crippen molar-refractivity contribution in [3.63, 3.8) is 0 Å². The summed E-state index contributed by atoms with van der Waals surface area (Å²) in [5.74, 6) is 0. The topological polar surface area (TPSA) is 131 Å². The molecule has 0 amide bonds. The van der Waals surface area contributed by atoms with Crippen LogP contribution in [0.4, 0.5) is 0 Å². The lowest BCUT2D eigenvalue weighted by atomic mass is 10.2. The molecule has 0 aliphatic heterocycles. The van der Waals surface area contributed by atoms with Crippen molar-refractivity contribution in [2.75, 3.05) is 0 Å². The average Bonchev–Trinajstić information content (AvgIpc) is 2.99. The molecule has 1 aromatic carbocycles. The minimum absolute atomic E-state index is 0.0546. The molecule has 9 nitrogen and oxygen atoms in total. The molecule has 0 atom stereocenters. The molecule has 0 radical (unpaired) electrons. The maximum Gasteiger partial charge on any atom is 0.327 e. The Bertz CT molecular complexity index is 1310. The van der Waals surface area contributed by atoms with Crippen molar-refractivity contribution >= 4 is 32.1 Å². The van der Waals surface area contributed by atoms with Crippen molar-refractivity contribution in [2.45, 2.75) is 4.90 Å². The van der Waals surface area contributed by atoms with Gasteiger partial charge in [0, 0.05) is 11.6 Å². The molecule has 3 heterocycles. The number of hydrogen-bond acceptors (Lipinski definition) is 6. The van der Waals surface area contributed by atoms with Gasteiger partial charge in [0.1, 0.15) is 11.2 Å². The van der Waals surface area contributed by atoms with Gasteiger partial charge >= 0.3 is 5.69 Å². The van der Waals surface area contributed by atoms with E-state index in [9.17, 15) is 18.0 Å². The predicted octanol–water partition coefficient (Wildman–Crippen LogP) is 0.198. The van der Waals surface area contributed by atoms with Crippen LogP contribution in [0.5, 0.6) is 0 Å². The third-order valence-corrected chi connectivity index (χ3v) is 5.22. The Balaban J connectivity index is 2.09. The van der Waals surface area contributed by atoms with Gasteiger partial charge in [0.2, 0.25) is 0 Å². The van der Waals surface area contributed by atoms with Crippen LogP contribution in [-0.4, -0.2) is 32.3 Å². The Morgan fingerprint density at radius 2 is 1.75 bits per heavy atom. The van der Waals surface area contributed by atoms with Crippen LogP contribution in [0.25, 0.3) is 22.1 Å². The number of aromatic amines is 2. The monoisotopic (exact) mass is 343 g/mol. The molecular weight excluding hydrogens is 334 g/mol. The number of hydrogen-bond donors (Lipinski definition) is 2. The van der Waals surface area contributed by atoms with E-state index < -0.39 is 21.3 Å². The van der Waals surface area contributed by atoms with Gasteiger partial charge < -0.3 is 0 Å². The van der Waals surface area contributed by atoms with Crippen molar-refractivity contribution < 1.29 is 8.42 Å². The molecule has 120 valence electrons. The van der Waals surface area contributed by atoms with Crippen LogP contribution < -0.4 is 11.2 Å². The van der Waals surface area contributed by atoms with Crippen molar-refractivity contribution in [1.82, 2.24) is 23.9 Å². The van der Waals surface area contributed by atoms with E-state index in [2.05, 4.69) is 15.0 Å². The number of aromatic nitrogens is 5. The van der Waals surface area contributed by atoms with Crippen LogP contribution in [0, 0.1) is 0 Å². The Kier molecular flexibility index (Phi) is 2.90. The maximum atomic E-state index is 13.0. The first kappa shape index (κ1) is 14.3. The fourth-order valence-electron chi connectivity index (χ4n) is 2.49. The first-order valence-corrected chi connectivity index (χ1v) is 8.21. The molecule has 3 aromatic heterocycles. The number of para-hydroxylation sites is 1. The molecule has 0 aliphatic rings. The molecule has 0 aliphatic carbocycles. The molecule has 2 N–H and O–H groups in total. The summed E-state index contributed by atoms with van der Waals surface area (Å²) in [5.41, 5.74) is -1.67. The quantitative estimate of drug-likeness (QED) is 0.534. The summed E-state index contributed by atoms with van der Waals surface area (Å²) in [6.07, 6.45) is 2.47. The average molecular weight is 343 g/mol. The first-order valence-electron chi connectivity index (χ1n) is 6.77. The molecule has 10 heteroatoms. The number of imidazole rings is 1. The Morgan fingerprint density at radius 3 is 2.58 bits per heavy atom. The van der Waals surface area contributed by atoms with E-state index in [1.165, 1.54) is 12.3 Å². The van der Waals surface area contributed by atoms with Gasteiger partial charge in [-0.15, -0.1) is 0 Å². The largest absolute Gasteiger partial charge is 0.327 e. The molecule has 4 aromatic rings. The van der Waals surface area contributed by atoms with Crippen molar-refractivity contribution in [1.29, 1.82) is 0 Å². The number of benzene rings is 1. The number of rotatable bonds is 2. The number of nitrogens with one attached hydrogen (secondary N) is 2. The zero-order chi connectivity index (χ0) is 16.9. The second-order valence-electron chi connectivity index (χ2n) is 4.98. The first-order chi connectivity index (χ1) is 11.5. The molecule has 0 saturated heterocycles. The van der Waals surface area contributed by atoms with E-state index >= 15 is 0 Å². The van der Waals surface area contributed by atoms with Gasteiger partial charge in [0.05, 0.1) is 5.52 Å². The highest BCUT2D eigenvalue weighted by atomic mass is 32.2. The van der Waals surface area contributed by atoms with E-state index in [1.807, 2.05) is 4.98 Å². The van der Waals surface area contributed by atoms with E-state index in [0.29, 0.717) is 5.39 Å². The van der Waals surface area contributed by atoms with Crippen LogP contribution in [0.15, 0.2) is 57.3 Å². The zero-order valence-corrected chi connectivity index (χ0v) is 12.7. The normalized spacial score (nSPS) is 12.0. The summed E-state index contributed by atoms with van der Waals surface area (Å²) in [6.45, 7) is 0. The number of fused-ring (bicyclic) bond motifs is 2. The second-order valence-corrected chi connectivity index (χ2v) is 6.77. The lowest BCUT2D eigenvalue weighted by Gasteiger charge is -2.08. The number of nitrogens with zero attached hydrogens (tertiary/aromatic N) is 3. The van der Waals surface area contributed by atoms with Gasteiger partial charge in [-0.25, -0.2) is 22.2 Å². The van der Waals surface area contributed by atoms with Crippen LogP contribution in [-0.2, 0) is 10.0 Å². The van der Waals surface area contributed by atoms with Crippen LogP contribution in [0.3, 0.4) is 0 Å². The molecule has 0 unspecified atom stereocenters. The van der Waals surface area contributed by atoms with Crippen molar-refractivity contribution in [3.8, 4) is 0 Å². The van der Waals surface area contributed by atoms with Gasteiger partial charge in [0.15, 0.2) is 11.2 Å². The van der Waals surface area contributed by atoms with Crippen LogP contribution in [0.2, 0.25) is 0 Å². The highest BCUT2D eigenvalue weighted by Crippen LogP contribution is 2.24. The lowest BCUT2D eigenvalue weighted by Crippen LogP contribution is -2.24. The lowest BCUT2D eigenvalue weighted by molar-refractivity contribution is 0.589. The van der Waals surface area contributed by atoms with Gasteiger partial charge in [-0.05, 0) is 12.1 Å². The molecule has 0 fully saturated rings. The molecular formula is C14H9N5O4S. The minimum atomic E-state index is -4.11. The van der Waals surface area contributed by atoms with Crippen molar-refractivity contribution in [2.24, 2.45) is 0 Å². The summed E-state index contributed by atoms with van der Waals surface area (Å²) < 4.78 is 26.8. The van der Waals surface area contributed by atoms with Gasteiger partial charge in [-0.2, -0.15) is 0 Å². The second kappa shape index (κ2) is 4.86. The summed E-state index contributed by atoms with van der Waals surface area (Å²) in [6, 6.07) is 8.16. The third-order valence-electron chi connectivity index (χ3n) is 3.54. The van der Waals surface area contributed by atoms with Gasteiger partial charge in [-0.1, -0.05) is 18.2 Å². The maximum absolute atomic E-state index is 13.0. The SMILES string of the molecule is O=c1[nH]c(=O)c2ncn(S(=O)(=O)c3cccc4cccnc34)c2[nH]1. The minimum Gasteiger partial charge on any atom is -0.291 e. The van der Waals surface area contributed by atoms with E-state index in [4.69, 9.17) is 0 Å². The van der Waals surface area contributed by atoms with Crippen LogP contribution >= 0.6 is 0 Å². The summed E-state index contributed by atoms with van der Waals surface area (Å²) in [7, 11) is -4.11. The summed E-state index contributed by atoms with van der Waals surface area (Å²) in [5, 5.41) is 0.648. The Morgan fingerprint density at radius 1 is 0.958 bits per heavy atom. The molecule has 0 bridgehead atoms. The van der Waals surface area contributed by atoms with E-state index in [1.54, 1.807) is 24.3 Å². The number of pyridine rings is 1. The third kappa shape index (κ3) is 1.97. The summed E-state index contributed by atoms with van der Waals surface area (Å²) >= 11 is 0. The molecule has 24 heavy (non-hydrogen) atoms. The highest BCUT2D eigenvalue weighted by Gasteiger charge is 2.24. The summed E-state index contributed by atoms with van der Waals surface area (Å²) in [4.78, 5) is 35.3. The fourth-order valence-corrected chi connectivity index (χ4v) is 3.91. The molecule has 4 rings (SSSR count).